The van der Waals surface area contributed by atoms with Crippen LogP contribution in [0.2, 0.25) is 0 Å². The topological polar surface area (TPSA) is 63.1 Å². The third-order valence-electron chi connectivity index (χ3n) is 5.74. The lowest BCUT2D eigenvalue weighted by Crippen LogP contribution is -2.36. The summed E-state index contributed by atoms with van der Waals surface area (Å²) in [6, 6.07) is 18.0. The molecule has 1 amide bonds. The van der Waals surface area contributed by atoms with Gasteiger partial charge in [-0.1, -0.05) is 12.1 Å². The number of amides is 1. The molecule has 0 fully saturated rings. The van der Waals surface area contributed by atoms with Crippen LogP contribution in [0.5, 0.6) is 0 Å². The molecule has 0 unspecified atom stereocenters. The molecule has 4 rings (SSSR count). The number of carbonyl (C=O) groups is 1. The lowest BCUT2D eigenvalue weighted by Gasteiger charge is -2.25. The zero-order valence-corrected chi connectivity index (χ0v) is 19.0. The van der Waals surface area contributed by atoms with Crippen LogP contribution < -0.4 is 0 Å². The lowest BCUT2D eigenvalue weighted by molar-refractivity contribution is 0.0730. The summed E-state index contributed by atoms with van der Waals surface area (Å²) in [5.41, 5.74) is 3.74. The number of benzene rings is 3. The van der Waals surface area contributed by atoms with Crippen LogP contribution in [-0.4, -0.2) is 47.9 Å². The second-order valence-corrected chi connectivity index (χ2v) is 8.42. The van der Waals surface area contributed by atoms with E-state index in [-0.39, 0.29) is 12.5 Å². The molecule has 4 aromatic rings. The Hall–Kier alpha value is -4.02. The van der Waals surface area contributed by atoms with Crippen LogP contribution in [0.25, 0.3) is 22.0 Å². The molecule has 0 aliphatic carbocycles. The van der Waals surface area contributed by atoms with Gasteiger partial charge in [0.2, 0.25) is 0 Å². The highest BCUT2D eigenvalue weighted by atomic mass is 19.1. The number of hydrogen-bond donors (Lipinski definition) is 1. The Bertz CT molecular complexity index is 1370. The number of nitriles is 1. The van der Waals surface area contributed by atoms with E-state index in [4.69, 9.17) is 0 Å². The lowest BCUT2D eigenvalue weighted by atomic mass is 10.00. The van der Waals surface area contributed by atoms with E-state index in [1.54, 1.807) is 23.2 Å². The van der Waals surface area contributed by atoms with Gasteiger partial charge in [-0.2, -0.15) is 5.26 Å². The van der Waals surface area contributed by atoms with E-state index in [1.165, 1.54) is 30.3 Å². The molecule has 1 aromatic heterocycles. The summed E-state index contributed by atoms with van der Waals surface area (Å²) in [4.78, 5) is 19.7. The molecule has 0 radical (unpaired) electrons. The summed E-state index contributed by atoms with van der Waals surface area (Å²) < 4.78 is 28.2. The molecule has 0 atom stereocenters. The zero-order chi connectivity index (χ0) is 24.2. The van der Waals surface area contributed by atoms with Gasteiger partial charge in [-0.15, -0.1) is 0 Å². The van der Waals surface area contributed by atoms with E-state index < -0.39 is 11.6 Å². The van der Waals surface area contributed by atoms with Crippen LogP contribution in [0.3, 0.4) is 0 Å². The molecule has 172 valence electrons. The first-order chi connectivity index (χ1) is 16.4. The van der Waals surface area contributed by atoms with Gasteiger partial charge >= 0.3 is 0 Å². The summed E-state index contributed by atoms with van der Waals surface area (Å²) in [7, 11) is 3.79. The van der Waals surface area contributed by atoms with Crippen molar-refractivity contribution in [3.8, 4) is 17.2 Å². The van der Waals surface area contributed by atoms with Crippen LogP contribution in [0.15, 0.2) is 66.9 Å². The number of rotatable bonds is 7. The predicted molar refractivity (Wildman–Crippen MR) is 128 cm³/mol. The van der Waals surface area contributed by atoms with Crippen LogP contribution in [0.4, 0.5) is 8.78 Å². The van der Waals surface area contributed by atoms with Crippen molar-refractivity contribution in [1.29, 1.82) is 5.26 Å². The first-order valence-electron chi connectivity index (χ1n) is 10.9. The van der Waals surface area contributed by atoms with Crippen LogP contribution in [-0.2, 0) is 6.54 Å². The second kappa shape index (κ2) is 9.86. The third kappa shape index (κ3) is 4.98. The fourth-order valence-electron chi connectivity index (χ4n) is 3.82. The Morgan fingerprint density at radius 3 is 2.38 bits per heavy atom. The number of aromatic amines is 1. The smallest absolute Gasteiger partial charge is 0.254 e. The molecule has 3 aromatic carbocycles. The SMILES string of the molecule is CN(C)CCN(Cc1cc(-c2ccc3[nH]cc(C#N)c3c2)ccc1F)C(=O)c1ccc(F)cc1. The number of H-pyrrole nitrogens is 1. The Kier molecular flexibility index (Phi) is 6.71. The van der Waals surface area contributed by atoms with Crippen LogP contribution >= 0.6 is 0 Å². The average Bonchev–Trinajstić information content (AvgIpc) is 3.25. The fourth-order valence-corrected chi connectivity index (χ4v) is 3.82. The van der Waals surface area contributed by atoms with Gasteiger partial charge in [0.1, 0.15) is 17.7 Å². The van der Waals surface area contributed by atoms with Crippen molar-refractivity contribution in [2.45, 2.75) is 6.54 Å². The van der Waals surface area contributed by atoms with E-state index >= 15 is 0 Å². The molecule has 0 aliphatic heterocycles. The summed E-state index contributed by atoms with van der Waals surface area (Å²) in [5, 5.41) is 10.1. The van der Waals surface area contributed by atoms with Gasteiger partial charge in [-0.25, -0.2) is 8.78 Å². The number of carbonyl (C=O) groups excluding carboxylic acids is 1. The van der Waals surface area contributed by atoms with Crippen molar-refractivity contribution >= 4 is 16.8 Å². The fraction of sp³-hybridized carbons (Fsp3) is 0.185. The number of hydrogen-bond acceptors (Lipinski definition) is 3. The zero-order valence-electron chi connectivity index (χ0n) is 19.0. The minimum Gasteiger partial charge on any atom is -0.360 e. The average molecular weight is 459 g/mol. The Balaban J connectivity index is 1.66. The van der Waals surface area contributed by atoms with Gasteiger partial charge in [-0.3, -0.25) is 4.79 Å². The van der Waals surface area contributed by atoms with Gasteiger partial charge in [0, 0.05) is 47.9 Å². The molecule has 34 heavy (non-hydrogen) atoms. The van der Waals surface area contributed by atoms with E-state index in [1.807, 2.05) is 37.2 Å². The molecule has 0 saturated carbocycles. The standard InChI is InChI=1S/C27H24F2N4O/c1-32(2)11-12-33(27(34)18-3-7-23(28)8-4-18)17-21-13-19(5-9-25(21)29)20-6-10-26-24(14-20)22(15-30)16-31-26/h3-10,13-14,16,31H,11-12,17H2,1-2H3. The quantitative estimate of drug-likeness (QED) is 0.415. The van der Waals surface area contributed by atoms with Gasteiger partial charge in [0.05, 0.1) is 5.56 Å². The number of nitrogens with zero attached hydrogens (tertiary/aromatic N) is 3. The molecule has 7 heteroatoms. The minimum atomic E-state index is -0.422. The number of aromatic nitrogens is 1. The van der Waals surface area contributed by atoms with Gasteiger partial charge in [0.25, 0.3) is 5.91 Å². The summed E-state index contributed by atoms with van der Waals surface area (Å²) in [5.74, 6) is -1.13. The van der Waals surface area contributed by atoms with Crippen molar-refractivity contribution in [3.05, 3.63) is 95.2 Å². The maximum Gasteiger partial charge on any atom is 0.254 e. The maximum atomic E-state index is 14.8. The van der Waals surface area contributed by atoms with Gasteiger partial charge in [0.15, 0.2) is 0 Å². The first-order valence-corrected chi connectivity index (χ1v) is 10.9. The summed E-state index contributed by atoms with van der Waals surface area (Å²) in [6.07, 6.45) is 1.66. The van der Waals surface area contributed by atoms with Crippen molar-refractivity contribution in [2.24, 2.45) is 0 Å². The van der Waals surface area contributed by atoms with E-state index in [0.717, 1.165) is 22.0 Å². The highest BCUT2D eigenvalue weighted by Gasteiger charge is 2.19. The summed E-state index contributed by atoms with van der Waals surface area (Å²) >= 11 is 0. The van der Waals surface area contributed by atoms with Gasteiger partial charge in [-0.05, 0) is 73.8 Å². The Morgan fingerprint density at radius 1 is 0.971 bits per heavy atom. The predicted octanol–water partition coefficient (Wildman–Crippen LogP) is 5.19. The minimum absolute atomic E-state index is 0.0690. The molecule has 0 saturated heterocycles. The van der Waals surface area contributed by atoms with Crippen LogP contribution in [0.1, 0.15) is 21.5 Å². The van der Waals surface area contributed by atoms with E-state index in [2.05, 4.69) is 11.1 Å². The molecular weight excluding hydrogens is 434 g/mol. The maximum absolute atomic E-state index is 14.8. The second-order valence-electron chi connectivity index (χ2n) is 8.42. The van der Waals surface area contributed by atoms with Crippen molar-refractivity contribution in [1.82, 2.24) is 14.8 Å². The normalized spacial score (nSPS) is 11.1. The molecule has 1 N–H and O–H groups in total. The van der Waals surface area contributed by atoms with E-state index in [0.29, 0.717) is 29.8 Å². The Morgan fingerprint density at radius 2 is 1.68 bits per heavy atom. The first kappa shape index (κ1) is 23.1. The van der Waals surface area contributed by atoms with Crippen LogP contribution in [0, 0.1) is 23.0 Å². The molecular formula is C27H24F2N4O. The highest BCUT2D eigenvalue weighted by molar-refractivity contribution is 5.94. The largest absolute Gasteiger partial charge is 0.360 e. The molecule has 0 bridgehead atoms. The third-order valence-corrected chi connectivity index (χ3v) is 5.74. The monoisotopic (exact) mass is 458 g/mol. The number of likely N-dealkylation sites (N-methyl/N-ethyl adjacent to an activating group) is 1. The Labute approximate surface area is 196 Å². The summed E-state index contributed by atoms with van der Waals surface area (Å²) in [6.45, 7) is 1.04. The number of halogens is 2. The molecule has 0 aliphatic rings. The van der Waals surface area contributed by atoms with E-state index in [9.17, 15) is 18.8 Å². The molecule has 1 heterocycles. The van der Waals surface area contributed by atoms with Gasteiger partial charge < -0.3 is 14.8 Å². The molecule has 5 nitrogen and oxygen atoms in total. The molecule has 0 spiro atoms. The number of fused-ring (bicyclic) bond motifs is 1. The highest BCUT2D eigenvalue weighted by Crippen LogP contribution is 2.28. The number of nitrogens with one attached hydrogen (secondary N) is 1. The van der Waals surface area contributed by atoms with Crippen molar-refractivity contribution in [2.75, 3.05) is 27.2 Å². The van der Waals surface area contributed by atoms with Crippen molar-refractivity contribution < 1.29 is 13.6 Å². The van der Waals surface area contributed by atoms with Crippen molar-refractivity contribution in [3.63, 3.8) is 0 Å².